The molecule has 1 amide bonds. The zero-order valence-electron chi connectivity index (χ0n) is 12.8. The summed E-state index contributed by atoms with van der Waals surface area (Å²) in [6.07, 6.45) is 4.37. The fraction of sp³-hybridized carbons (Fsp3) is 0.312. The zero-order chi connectivity index (χ0) is 16.9. The maximum Gasteiger partial charge on any atom is 0.264 e. The first kappa shape index (κ1) is 17.2. The average Bonchev–Trinajstić information content (AvgIpc) is 3.20. The highest BCUT2D eigenvalue weighted by Crippen LogP contribution is 2.19. The molecule has 0 bridgehead atoms. The summed E-state index contributed by atoms with van der Waals surface area (Å²) in [6.45, 7) is 1.32. The van der Waals surface area contributed by atoms with Gasteiger partial charge in [-0.15, -0.1) is 0 Å². The number of carbonyl (C=O) groups excluding carboxylic acids is 1. The van der Waals surface area contributed by atoms with Crippen molar-refractivity contribution in [2.45, 2.75) is 25.5 Å². The van der Waals surface area contributed by atoms with Crippen molar-refractivity contribution >= 4 is 43.5 Å². The first-order valence-corrected chi connectivity index (χ1v) is 9.15. The Kier molecular flexibility index (Phi) is 5.68. The number of oxime groups is 1. The van der Waals surface area contributed by atoms with E-state index in [2.05, 4.69) is 47.4 Å². The van der Waals surface area contributed by atoms with E-state index in [-0.39, 0.29) is 5.91 Å². The largest absolute Gasteiger partial charge is 0.382 e. The first-order valence-electron chi connectivity index (χ1n) is 7.56. The Bertz CT molecular complexity index is 760. The molecule has 3 rings (SSSR count). The van der Waals surface area contributed by atoms with E-state index in [1.54, 1.807) is 6.20 Å². The van der Waals surface area contributed by atoms with E-state index in [9.17, 15) is 4.79 Å². The Labute approximate surface area is 156 Å². The van der Waals surface area contributed by atoms with Crippen molar-refractivity contribution in [3.8, 4) is 0 Å². The minimum Gasteiger partial charge on any atom is -0.382 e. The molecule has 2 heterocycles. The van der Waals surface area contributed by atoms with Gasteiger partial charge in [0.2, 0.25) is 6.10 Å². The van der Waals surface area contributed by atoms with Crippen LogP contribution in [0.4, 0.5) is 0 Å². The molecule has 0 saturated carbocycles. The molecule has 1 aliphatic heterocycles. The van der Waals surface area contributed by atoms with Crippen LogP contribution in [-0.4, -0.2) is 34.0 Å². The van der Waals surface area contributed by atoms with Gasteiger partial charge in [-0.05, 0) is 34.5 Å². The molecule has 1 atom stereocenters. The van der Waals surface area contributed by atoms with Gasteiger partial charge in [0.1, 0.15) is 0 Å². The molecule has 24 heavy (non-hydrogen) atoms. The topological polar surface area (TPSA) is 68.5 Å². The number of hydrogen-bond acceptors (Lipinski definition) is 4. The Morgan fingerprint density at radius 2 is 2.25 bits per heavy atom. The van der Waals surface area contributed by atoms with E-state index in [0.29, 0.717) is 13.0 Å². The second-order valence-electron chi connectivity index (χ2n) is 5.41. The Morgan fingerprint density at radius 3 is 3.00 bits per heavy atom. The third kappa shape index (κ3) is 4.45. The van der Waals surface area contributed by atoms with Crippen LogP contribution in [0.3, 0.4) is 0 Å². The molecule has 1 aromatic heterocycles. The number of benzene rings is 1. The van der Waals surface area contributed by atoms with E-state index in [1.807, 2.05) is 35.1 Å². The van der Waals surface area contributed by atoms with Crippen molar-refractivity contribution in [3.05, 3.63) is 51.2 Å². The molecular weight excluding hydrogens is 440 g/mol. The molecule has 0 saturated heterocycles. The van der Waals surface area contributed by atoms with Crippen LogP contribution in [0.1, 0.15) is 18.4 Å². The lowest BCUT2D eigenvalue weighted by atomic mass is 10.0. The molecule has 0 spiro atoms. The fourth-order valence-corrected chi connectivity index (χ4v) is 3.11. The van der Waals surface area contributed by atoms with Crippen LogP contribution in [0, 0.1) is 0 Å². The summed E-state index contributed by atoms with van der Waals surface area (Å²) < 4.78 is 3.75. The van der Waals surface area contributed by atoms with Crippen LogP contribution < -0.4 is 5.32 Å². The quantitative estimate of drug-likeness (QED) is 0.680. The smallest absolute Gasteiger partial charge is 0.264 e. The van der Waals surface area contributed by atoms with Gasteiger partial charge in [-0.25, -0.2) is 0 Å². The summed E-state index contributed by atoms with van der Waals surface area (Å²) >= 11 is 6.78. The Hall–Kier alpha value is -1.67. The molecule has 0 aliphatic carbocycles. The Balaban J connectivity index is 1.42. The van der Waals surface area contributed by atoms with Crippen molar-refractivity contribution in [1.82, 2.24) is 15.1 Å². The maximum absolute atomic E-state index is 12.2. The highest BCUT2D eigenvalue weighted by Gasteiger charge is 2.28. The predicted molar refractivity (Wildman–Crippen MR) is 97.7 cm³/mol. The lowest BCUT2D eigenvalue weighted by Crippen LogP contribution is -2.35. The molecule has 1 N–H and O–H groups in total. The van der Waals surface area contributed by atoms with Gasteiger partial charge in [0.05, 0.1) is 16.4 Å². The van der Waals surface area contributed by atoms with Gasteiger partial charge in [-0.3, -0.25) is 9.48 Å². The van der Waals surface area contributed by atoms with Gasteiger partial charge in [0.15, 0.2) is 0 Å². The second kappa shape index (κ2) is 7.94. The van der Waals surface area contributed by atoms with E-state index in [4.69, 9.17) is 4.84 Å². The number of rotatable bonds is 6. The van der Waals surface area contributed by atoms with Crippen molar-refractivity contribution in [1.29, 1.82) is 0 Å². The van der Waals surface area contributed by atoms with E-state index >= 15 is 0 Å². The van der Waals surface area contributed by atoms with Crippen LogP contribution in [0.15, 0.2) is 50.8 Å². The zero-order valence-corrected chi connectivity index (χ0v) is 16.0. The van der Waals surface area contributed by atoms with Crippen LogP contribution in [-0.2, 0) is 16.2 Å². The molecule has 0 radical (unpaired) electrons. The van der Waals surface area contributed by atoms with E-state index in [1.165, 1.54) is 0 Å². The average molecular weight is 456 g/mol. The highest BCUT2D eigenvalue weighted by molar-refractivity contribution is 9.10. The van der Waals surface area contributed by atoms with Gasteiger partial charge in [-0.2, -0.15) is 5.10 Å². The number of amides is 1. The molecule has 1 unspecified atom stereocenters. The molecule has 1 aliphatic rings. The first-order chi connectivity index (χ1) is 11.6. The van der Waals surface area contributed by atoms with Crippen LogP contribution in [0.5, 0.6) is 0 Å². The minimum absolute atomic E-state index is 0.134. The summed E-state index contributed by atoms with van der Waals surface area (Å²) in [7, 11) is 0. The molecule has 8 heteroatoms. The third-order valence-electron chi connectivity index (χ3n) is 3.58. The number of carbonyl (C=O) groups is 1. The SMILES string of the molecule is O=C(NCCCn1cc(Br)cn1)C1CC(c2cccc(Br)c2)=NO1. The number of hydrogen-bond donors (Lipinski definition) is 1. The molecule has 2 aromatic rings. The standard InChI is InChI=1S/C16H16Br2N4O2/c17-12-4-1-3-11(7-12)14-8-15(24-21-14)16(23)19-5-2-6-22-10-13(18)9-20-22/h1,3-4,7,9-10,15H,2,5-6,8H2,(H,19,23). The third-order valence-corrected chi connectivity index (χ3v) is 4.49. The van der Waals surface area contributed by atoms with Crippen LogP contribution >= 0.6 is 31.9 Å². The summed E-state index contributed by atoms with van der Waals surface area (Å²) in [6, 6.07) is 7.80. The van der Waals surface area contributed by atoms with Crippen molar-refractivity contribution in [2.24, 2.45) is 5.16 Å². The lowest BCUT2D eigenvalue weighted by Gasteiger charge is -2.09. The number of aromatic nitrogens is 2. The highest BCUT2D eigenvalue weighted by atomic mass is 79.9. The van der Waals surface area contributed by atoms with Crippen molar-refractivity contribution in [2.75, 3.05) is 6.54 Å². The van der Waals surface area contributed by atoms with Gasteiger partial charge in [0, 0.05) is 35.7 Å². The van der Waals surface area contributed by atoms with Crippen LogP contribution in [0.25, 0.3) is 0 Å². The number of halogens is 2. The van der Waals surface area contributed by atoms with E-state index < -0.39 is 6.10 Å². The van der Waals surface area contributed by atoms with Crippen molar-refractivity contribution in [3.63, 3.8) is 0 Å². The molecule has 6 nitrogen and oxygen atoms in total. The van der Waals surface area contributed by atoms with Gasteiger partial charge < -0.3 is 10.2 Å². The van der Waals surface area contributed by atoms with E-state index in [0.717, 1.165) is 33.2 Å². The number of nitrogens with zero attached hydrogens (tertiary/aromatic N) is 3. The van der Waals surface area contributed by atoms with Gasteiger partial charge >= 0.3 is 0 Å². The molecule has 1 aromatic carbocycles. The van der Waals surface area contributed by atoms with Crippen molar-refractivity contribution < 1.29 is 9.63 Å². The second-order valence-corrected chi connectivity index (χ2v) is 7.24. The monoisotopic (exact) mass is 454 g/mol. The lowest BCUT2D eigenvalue weighted by molar-refractivity contribution is -0.131. The number of nitrogens with one attached hydrogen (secondary N) is 1. The summed E-state index contributed by atoms with van der Waals surface area (Å²) in [5.74, 6) is -0.134. The summed E-state index contributed by atoms with van der Waals surface area (Å²) in [4.78, 5) is 17.4. The predicted octanol–water partition coefficient (Wildman–Crippen LogP) is 3.11. The minimum atomic E-state index is -0.558. The molecule has 0 fully saturated rings. The molecule has 126 valence electrons. The Morgan fingerprint density at radius 1 is 1.38 bits per heavy atom. The molecular formula is C16H16Br2N4O2. The normalized spacial score (nSPS) is 16.6. The fourth-order valence-electron chi connectivity index (χ4n) is 2.38. The van der Waals surface area contributed by atoms with Gasteiger partial charge in [-0.1, -0.05) is 33.2 Å². The van der Waals surface area contributed by atoms with Gasteiger partial charge in [0.25, 0.3) is 5.91 Å². The summed E-state index contributed by atoms with van der Waals surface area (Å²) in [5, 5.41) is 11.1. The maximum atomic E-state index is 12.2. The number of aryl methyl sites for hydroxylation is 1. The van der Waals surface area contributed by atoms with Crippen LogP contribution in [0.2, 0.25) is 0 Å². The summed E-state index contributed by atoms with van der Waals surface area (Å²) in [5.41, 5.74) is 1.75.